The Morgan fingerprint density at radius 3 is 1.57 bits per heavy atom. The van der Waals surface area contributed by atoms with Crippen LogP contribution in [0.3, 0.4) is 0 Å². The lowest BCUT2D eigenvalue weighted by Crippen LogP contribution is -2.18. The van der Waals surface area contributed by atoms with Gasteiger partial charge in [0.15, 0.2) is 0 Å². The number of carbonyl (C=O) groups is 1. The summed E-state index contributed by atoms with van der Waals surface area (Å²) in [6.07, 6.45) is 11.9. The predicted octanol–water partition coefficient (Wildman–Crippen LogP) is 2.75. The molecule has 0 aliphatic carbocycles. The number of unbranched alkanes of at least 4 members (excludes halogenated alkanes) is 9. The van der Waals surface area contributed by atoms with E-state index in [1.54, 1.807) is 0 Å². The highest BCUT2D eigenvalue weighted by Gasteiger charge is 2.02. The van der Waals surface area contributed by atoms with E-state index in [0.29, 0.717) is 6.42 Å². The van der Waals surface area contributed by atoms with Gasteiger partial charge in [0.1, 0.15) is 0 Å². The van der Waals surface area contributed by atoms with Gasteiger partial charge in [0, 0.05) is 0 Å². The topological polar surface area (TPSA) is 133 Å². The smallest absolute Gasteiger partial charge is 0.352 e. The Morgan fingerprint density at radius 2 is 1.24 bits per heavy atom. The molecular formula is C13H30N2O5S. The summed E-state index contributed by atoms with van der Waals surface area (Å²) in [5.74, 6) is 0. The Labute approximate surface area is 128 Å². The van der Waals surface area contributed by atoms with E-state index in [0.717, 1.165) is 12.8 Å². The Hall–Kier alpha value is -0.860. The molecule has 0 aliphatic rings. The van der Waals surface area contributed by atoms with E-state index in [2.05, 4.69) is 22.6 Å². The SMILES string of the molecule is CCCCCCCCCCCCOS(=O)(=O)O.NC(N)=O. The monoisotopic (exact) mass is 326 g/mol. The first kappa shape index (κ1) is 22.4. The van der Waals surface area contributed by atoms with Crippen LogP contribution in [0, 0.1) is 0 Å². The molecule has 0 unspecified atom stereocenters. The summed E-state index contributed by atoms with van der Waals surface area (Å²) >= 11 is 0. The van der Waals surface area contributed by atoms with Gasteiger partial charge < -0.3 is 11.5 Å². The molecule has 0 saturated carbocycles. The van der Waals surface area contributed by atoms with Gasteiger partial charge in [-0.25, -0.2) is 8.98 Å². The lowest BCUT2D eigenvalue weighted by molar-refractivity contribution is 0.256. The summed E-state index contributed by atoms with van der Waals surface area (Å²) in [6, 6.07) is -0.833. The van der Waals surface area contributed by atoms with Crippen LogP contribution in [0.1, 0.15) is 71.1 Å². The highest BCUT2D eigenvalue weighted by Crippen LogP contribution is 2.10. The van der Waals surface area contributed by atoms with Gasteiger partial charge in [-0.3, -0.25) is 4.55 Å². The third kappa shape index (κ3) is 32.6. The van der Waals surface area contributed by atoms with Gasteiger partial charge in [-0.15, -0.1) is 0 Å². The second-order valence-corrected chi connectivity index (χ2v) is 5.93. The second-order valence-electron chi connectivity index (χ2n) is 4.83. The van der Waals surface area contributed by atoms with Gasteiger partial charge in [-0.1, -0.05) is 64.7 Å². The average Bonchev–Trinajstić information content (AvgIpc) is 2.34. The molecule has 2 amide bonds. The largest absolute Gasteiger partial charge is 0.397 e. The van der Waals surface area contributed by atoms with Crippen molar-refractivity contribution in [3.63, 3.8) is 0 Å². The molecule has 0 aromatic carbocycles. The summed E-state index contributed by atoms with van der Waals surface area (Å²) in [6.45, 7) is 2.31. The fourth-order valence-electron chi connectivity index (χ4n) is 1.75. The first-order chi connectivity index (χ1) is 9.79. The van der Waals surface area contributed by atoms with Crippen LogP contribution in [-0.4, -0.2) is 25.6 Å². The molecule has 0 heterocycles. The minimum atomic E-state index is -4.23. The van der Waals surface area contributed by atoms with Crippen molar-refractivity contribution in [3.8, 4) is 0 Å². The van der Waals surface area contributed by atoms with E-state index >= 15 is 0 Å². The van der Waals surface area contributed by atoms with Crippen molar-refractivity contribution >= 4 is 16.4 Å². The molecule has 0 radical (unpaired) electrons. The van der Waals surface area contributed by atoms with Crippen LogP contribution < -0.4 is 11.5 Å². The van der Waals surface area contributed by atoms with Crippen molar-refractivity contribution < 1.29 is 21.9 Å². The Kier molecular flexibility index (Phi) is 16.6. The standard InChI is InChI=1S/C12H26O4S.CH4N2O/c1-2-3-4-5-6-7-8-9-10-11-12-16-17(13,14)15;2-1(3)4/h2-12H2,1H3,(H,13,14,15);(H4,2,3,4). The Balaban J connectivity index is 0. The third-order valence-corrected chi connectivity index (χ3v) is 3.19. The molecule has 21 heavy (non-hydrogen) atoms. The zero-order valence-corrected chi connectivity index (χ0v) is 13.7. The number of urea groups is 1. The van der Waals surface area contributed by atoms with Gasteiger partial charge in [-0.2, -0.15) is 8.42 Å². The molecule has 0 rings (SSSR count). The van der Waals surface area contributed by atoms with Crippen LogP contribution in [0.4, 0.5) is 4.79 Å². The molecule has 7 nitrogen and oxygen atoms in total. The highest BCUT2D eigenvalue weighted by atomic mass is 32.3. The van der Waals surface area contributed by atoms with Crippen LogP contribution in [0.2, 0.25) is 0 Å². The van der Waals surface area contributed by atoms with Crippen LogP contribution in [0.15, 0.2) is 0 Å². The zero-order chi connectivity index (χ0) is 16.6. The first-order valence-corrected chi connectivity index (χ1v) is 8.82. The fourth-order valence-corrected chi connectivity index (χ4v) is 2.08. The van der Waals surface area contributed by atoms with Gasteiger partial charge >= 0.3 is 16.4 Å². The highest BCUT2D eigenvalue weighted by molar-refractivity contribution is 7.80. The van der Waals surface area contributed by atoms with E-state index < -0.39 is 16.4 Å². The quantitative estimate of drug-likeness (QED) is 0.374. The molecule has 8 heteroatoms. The molecule has 0 aromatic rings. The molecule has 0 aliphatic heterocycles. The Bertz CT molecular complexity index is 329. The molecular weight excluding hydrogens is 296 g/mol. The van der Waals surface area contributed by atoms with Gasteiger partial charge in [0.2, 0.25) is 0 Å². The zero-order valence-electron chi connectivity index (χ0n) is 12.9. The van der Waals surface area contributed by atoms with Crippen molar-refractivity contribution in [2.75, 3.05) is 6.61 Å². The van der Waals surface area contributed by atoms with Crippen molar-refractivity contribution in [1.82, 2.24) is 0 Å². The molecule has 0 fully saturated rings. The summed E-state index contributed by atoms with van der Waals surface area (Å²) in [4.78, 5) is 9.00. The lowest BCUT2D eigenvalue weighted by Gasteiger charge is -2.02. The normalized spacial score (nSPS) is 10.8. The molecule has 0 atom stereocenters. The van der Waals surface area contributed by atoms with E-state index in [9.17, 15) is 8.42 Å². The minimum absolute atomic E-state index is 0.0926. The summed E-state index contributed by atoms with van der Waals surface area (Å²) < 4.78 is 33.0. The van der Waals surface area contributed by atoms with Gasteiger partial charge in [0.05, 0.1) is 6.61 Å². The number of amides is 2. The molecule has 0 aromatic heterocycles. The van der Waals surface area contributed by atoms with Crippen LogP contribution in [0.5, 0.6) is 0 Å². The van der Waals surface area contributed by atoms with Crippen LogP contribution in [-0.2, 0) is 14.6 Å². The van der Waals surface area contributed by atoms with Crippen molar-refractivity contribution in [2.24, 2.45) is 11.5 Å². The number of rotatable bonds is 12. The van der Waals surface area contributed by atoms with E-state index in [4.69, 9.17) is 9.35 Å². The van der Waals surface area contributed by atoms with E-state index in [-0.39, 0.29) is 6.61 Å². The fraction of sp³-hybridized carbons (Fsp3) is 0.923. The van der Waals surface area contributed by atoms with Crippen molar-refractivity contribution in [2.45, 2.75) is 71.1 Å². The summed E-state index contributed by atoms with van der Waals surface area (Å²) in [7, 11) is -4.23. The Morgan fingerprint density at radius 1 is 0.905 bits per heavy atom. The van der Waals surface area contributed by atoms with Gasteiger partial charge in [-0.05, 0) is 6.42 Å². The maximum atomic E-state index is 10.2. The van der Waals surface area contributed by atoms with Crippen molar-refractivity contribution in [3.05, 3.63) is 0 Å². The van der Waals surface area contributed by atoms with E-state index in [1.165, 1.54) is 44.9 Å². The number of hydrogen-bond donors (Lipinski definition) is 3. The molecule has 0 saturated heterocycles. The maximum absolute atomic E-state index is 10.2. The number of nitrogens with two attached hydrogens (primary N) is 2. The van der Waals surface area contributed by atoms with Gasteiger partial charge in [0.25, 0.3) is 0 Å². The first-order valence-electron chi connectivity index (χ1n) is 7.46. The lowest BCUT2D eigenvalue weighted by atomic mass is 10.1. The van der Waals surface area contributed by atoms with Crippen LogP contribution in [0.25, 0.3) is 0 Å². The molecule has 0 bridgehead atoms. The van der Waals surface area contributed by atoms with E-state index in [1.807, 2.05) is 0 Å². The number of carbonyl (C=O) groups excluding carboxylic acids is 1. The summed E-state index contributed by atoms with van der Waals surface area (Å²) in [5, 5.41) is 0. The minimum Gasteiger partial charge on any atom is -0.352 e. The number of hydrogen-bond acceptors (Lipinski definition) is 4. The predicted molar refractivity (Wildman–Crippen MR) is 83.1 cm³/mol. The third-order valence-electron chi connectivity index (χ3n) is 2.73. The number of primary amides is 2. The molecule has 0 spiro atoms. The maximum Gasteiger partial charge on any atom is 0.397 e. The van der Waals surface area contributed by atoms with Crippen LogP contribution >= 0.6 is 0 Å². The summed E-state index contributed by atoms with van der Waals surface area (Å²) in [5.41, 5.74) is 8.50. The molecule has 5 N–H and O–H groups in total. The van der Waals surface area contributed by atoms with Crippen molar-refractivity contribution in [1.29, 1.82) is 0 Å². The second kappa shape index (κ2) is 15.5. The average molecular weight is 326 g/mol. The molecule has 128 valence electrons.